The van der Waals surface area contributed by atoms with Crippen LogP contribution in [0.25, 0.3) is 0 Å². The molecule has 1 fully saturated rings. The number of rotatable bonds is 4. The lowest BCUT2D eigenvalue weighted by Crippen LogP contribution is -2.45. The fraction of sp³-hybridized carbons (Fsp3) is 0.350. The molecule has 2 aromatic carbocycles. The van der Waals surface area contributed by atoms with Gasteiger partial charge in [0.15, 0.2) is 0 Å². The van der Waals surface area contributed by atoms with Gasteiger partial charge in [-0.2, -0.15) is 0 Å². The number of ether oxygens (including phenoxy) is 1. The van der Waals surface area contributed by atoms with Crippen LogP contribution in [-0.2, 0) is 4.79 Å². The van der Waals surface area contributed by atoms with E-state index in [1.165, 1.54) is 5.56 Å². The van der Waals surface area contributed by atoms with Crippen LogP contribution in [0.3, 0.4) is 0 Å². The van der Waals surface area contributed by atoms with E-state index in [1.807, 2.05) is 59.5 Å². The van der Waals surface area contributed by atoms with Gasteiger partial charge in [0, 0.05) is 25.9 Å². The Bertz CT molecular complexity index is 662. The van der Waals surface area contributed by atoms with E-state index in [2.05, 4.69) is 6.92 Å². The van der Waals surface area contributed by atoms with Gasteiger partial charge in [0.25, 0.3) is 0 Å². The molecule has 0 bridgehead atoms. The molecule has 126 valence electrons. The standard InChI is InChI=1S/C20H24N2O2/c1-15-7-9-17(10-8-15)24-18-11-13-22(14-12-18)20(23)19(21)16-5-3-2-4-6-16/h2-10,18-19H,11-14,21H2,1H3/t19-/m1/s1. The number of carbonyl (C=O) groups excluding carboxylic acids is 1. The normalized spacial score (nSPS) is 16.7. The van der Waals surface area contributed by atoms with E-state index in [-0.39, 0.29) is 12.0 Å². The van der Waals surface area contributed by atoms with Crippen molar-refractivity contribution in [2.45, 2.75) is 31.9 Å². The molecule has 4 nitrogen and oxygen atoms in total. The number of nitrogens with two attached hydrogens (primary N) is 1. The van der Waals surface area contributed by atoms with Gasteiger partial charge in [0.05, 0.1) is 0 Å². The van der Waals surface area contributed by atoms with Crippen LogP contribution in [0.4, 0.5) is 0 Å². The number of carbonyl (C=O) groups is 1. The van der Waals surface area contributed by atoms with Crippen molar-refractivity contribution < 1.29 is 9.53 Å². The van der Waals surface area contributed by atoms with Gasteiger partial charge >= 0.3 is 0 Å². The maximum Gasteiger partial charge on any atom is 0.244 e. The minimum atomic E-state index is -0.583. The first-order chi connectivity index (χ1) is 11.6. The zero-order valence-corrected chi connectivity index (χ0v) is 14.0. The molecule has 2 aromatic rings. The van der Waals surface area contributed by atoms with Gasteiger partial charge in [-0.25, -0.2) is 0 Å². The Hall–Kier alpha value is -2.33. The second kappa shape index (κ2) is 7.49. The first-order valence-corrected chi connectivity index (χ1v) is 8.46. The van der Waals surface area contributed by atoms with Crippen LogP contribution < -0.4 is 10.5 Å². The molecule has 1 saturated heterocycles. The average Bonchev–Trinajstić information content (AvgIpc) is 2.64. The highest BCUT2D eigenvalue weighted by Gasteiger charge is 2.27. The fourth-order valence-corrected chi connectivity index (χ4v) is 3.00. The Morgan fingerprint density at radius 2 is 1.71 bits per heavy atom. The van der Waals surface area contributed by atoms with Gasteiger partial charge in [-0.3, -0.25) is 4.79 Å². The van der Waals surface area contributed by atoms with E-state index in [9.17, 15) is 4.79 Å². The maximum atomic E-state index is 12.6. The van der Waals surface area contributed by atoms with Crippen LogP contribution >= 0.6 is 0 Å². The second-order valence-corrected chi connectivity index (χ2v) is 6.34. The van der Waals surface area contributed by atoms with E-state index < -0.39 is 6.04 Å². The molecule has 4 heteroatoms. The summed E-state index contributed by atoms with van der Waals surface area (Å²) in [5, 5.41) is 0. The zero-order valence-electron chi connectivity index (χ0n) is 14.0. The van der Waals surface area contributed by atoms with Crippen LogP contribution in [0, 0.1) is 6.92 Å². The van der Waals surface area contributed by atoms with Crippen molar-refractivity contribution in [3.63, 3.8) is 0 Å². The Morgan fingerprint density at radius 3 is 2.33 bits per heavy atom. The monoisotopic (exact) mass is 324 g/mol. The molecule has 24 heavy (non-hydrogen) atoms. The molecule has 2 N–H and O–H groups in total. The van der Waals surface area contributed by atoms with E-state index in [0.717, 1.165) is 24.2 Å². The molecule has 0 saturated carbocycles. The summed E-state index contributed by atoms with van der Waals surface area (Å²) in [6.07, 6.45) is 1.83. The quantitative estimate of drug-likeness (QED) is 0.940. The smallest absolute Gasteiger partial charge is 0.244 e. The number of piperidine rings is 1. The zero-order chi connectivity index (χ0) is 16.9. The molecule has 0 radical (unpaired) electrons. The van der Waals surface area contributed by atoms with Gasteiger partial charge in [-0.05, 0) is 24.6 Å². The third-order valence-corrected chi connectivity index (χ3v) is 4.50. The summed E-state index contributed by atoms with van der Waals surface area (Å²) in [6, 6.07) is 17.0. The third kappa shape index (κ3) is 3.95. The maximum absolute atomic E-state index is 12.6. The molecule has 1 aliphatic heterocycles. The second-order valence-electron chi connectivity index (χ2n) is 6.34. The number of hydrogen-bond acceptors (Lipinski definition) is 3. The van der Waals surface area contributed by atoms with Crippen LogP contribution in [0.2, 0.25) is 0 Å². The van der Waals surface area contributed by atoms with E-state index in [4.69, 9.17) is 10.5 Å². The van der Waals surface area contributed by atoms with Gasteiger partial charge in [0.1, 0.15) is 17.9 Å². The predicted molar refractivity (Wildman–Crippen MR) is 94.8 cm³/mol. The summed E-state index contributed by atoms with van der Waals surface area (Å²) in [5.74, 6) is 0.890. The molecule has 0 aliphatic carbocycles. The number of nitrogens with zero attached hydrogens (tertiary/aromatic N) is 1. The minimum Gasteiger partial charge on any atom is -0.490 e. The Labute approximate surface area is 143 Å². The van der Waals surface area contributed by atoms with Crippen molar-refractivity contribution >= 4 is 5.91 Å². The topological polar surface area (TPSA) is 55.6 Å². The highest BCUT2D eigenvalue weighted by Crippen LogP contribution is 2.21. The fourth-order valence-electron chi connectivity index (χ4n) is 3.00. The van der Waals surface area contributed by atoms with Crippen molar-refractivity contribution in [2.75, 3.05) is 13.1 Å². The van der Waals surface area contributed by atoms with Gasteiger partial charge in [-0.15, -0.1) is 0 Å². The van der Waals surface area contributed by atoms with E-state index in [0.29, 0.717) is 13.1 Å². The number of hydrogen-bond donors (Lipinski definition) is 1. The summed E-state index contributed by atoms with van der Waals surface area (Å²) in [6.45, 7) is 3.44. The Kier molecular flexibility index (Phi) is 5.16. The Morgan fingerprint density at radius 1 is 1.08 bits per heavy atom. The lowest BCUT2D eigenvalue weighted by molar-refractivity contribution is -0.134. The number of benzene rings is 2. The molecule has 0 unspecified atom stereocenters. The lowest BCUT2D eigenvalue weighted by atomic mass is 10.0. The summed E-state index contributed by atoms with van der Waals surface area (Å²) < 4.78 is 6.01. The number of aryl methyl sites for hydroxylation is 1. The van der Waals surface area contributed by atoms with Crippen LogP contribution in [0.1, 0.15) is 30.0 Å². The van der Waals surface area contributed by atoms with Crippen LogP contribution in [-0.4, -0.2) is 30.0 Å². The first-order valence-electron chi connectivity index (χ1n) is 8.46. The molecule has 1 aliphatic rings. The minimum absolute atomic E-state index is 0.00464. The highest BCUT2D eigenvalue weighted by atomic mass is 16.5. The van der Waals surface area contributed by atoms with Gasteiger partial charge in [-0.1, -0.05) is 48.0 Å². The van der Waals surface area contributed by atoms with E-state index in [1.54, 1.807) is 0 Å². The van der Waals surface area contributed by atoms with Crippen molar-refractivity contribution in [3.05, 3.63) is 65.7 Å². The molecule has 3 rings (SSSR count). The van der Waals surface area contributed by atoms with Gasteiger partial charge < -0.3 is 15.4 Å². The predicted octanol–water partition coefficient (Wildman–Crippen LogP) is 3.06. The largest absolute Gasteiger partial charge is 0.490 e. The highest BCUT2D eigenvalue weighted by molar-refractivity contribution is 5.83. The third-order valence-electron chi connectivity index (χ3n) is 4.50. The van der Waals surface area contributed by atoms with Crippen molar-refractivity contribution in [2.24, 2.45) is 5.73 Å². The summed E-state index contributed by atoms with van der Waals surface area (Å²) >= 11 is 0. The molecule has 1 amide bonds. The number of likely N-dealkylation sites (tertiary alicyclic amines) is 1. The molecule has 0 aromatic heterocycles. The van der Waals surface area contributed by atoms with Crippen LogP contribution in [0.5, 0.6) is 5.75 Å². The summed E-state index contributed by atoms with van der Waals surface area (Å²) in [7, 11) is 0. The van der Waals surface area contributed by atoms with Gasteiger partial charge in [0.2, 0.25) is 5.91 Å². The van der Waals surface area contributed by atoms with Crippen molar-refractivity contribution in [1.82, 2.24) is 4.90 Å². The average molecular weight is 324 g/mol. The Balaban J connectivity index is 1.53. The summed E-state index contributed by atoms with van der Waals surface area (Å²) in [5.41, 5.74) is 8.20. The number of amides is 1. The molecule has 1 atom stereocenters. The van der Waals surface area contributed by atoms with Crippen molar-refractivity contribution in [3.8, 4) is 5.75 Å². The van der Waals surface area contributed by atoms with E-state index >= 15 is 0 Å². The molecule has 0 spiro atoms. The van der Waals surface area contributed by atoms with Crippen molar-refractivity contribution in [1.29, 1.82) is 0 Å². The lowest BCUT2D eigenvalue weighted by Gasteiger charge is -2.33. The molecular weight excluding hydrogens is 300 g/mol. The van der Waals surface area contributed by atoms with Crippen LogP contribution in [0.15, 0.2) is 54.6 Å². The first kappa shape index (κ1) is 16.5. The molecular formula is C20H24N2O2. The summed E-state index contributed by atoms with van der Waals surface area (Å²) in [4.78, 5) is 14.4. The SMILES string of the molecule is Cc1ccc(OC2CCN(C(=O)[C@H](N)c3ccccc3)CC2)cc1. The molecule has 1 heterocycles.